The molecule has 7 nitrogen and oxygen atoms in total. The summed E-state index contributed by atoms with van der Waals surface area (Å²) in [6.45, 7) is 0. The first-order valence-corrected chi connectivity index (χ1v) is 12.2. The predicted molar refractivity (Wildman–Crippen MR) is 129 cm³/mol. The van der Waals surface area contributed by atoms with Crippen LogP contribution in [0.5, 0.6) is 17.2 Å². The Kier molecular flexibility index (Phi) is 7.72. The minimum Gasteiger partial charge on any atom is -0.493 e. The van der Waals surface area contributed by atoms with E-state index < -0.39 is 0 Å². The molecule has 0 radical (unpaired) electrons. The topological polar surface area (TPSA) is 75.5 Å². The molecular formula is C25H28FN3O4S. The lowest BCUT2D eigenvalue weighted by molar-refractivity contribution is 0.102. The summed E-state index contributed by atoms with van der Waals surface area (Å²) >= 11 is 1.35. The average Bonchev–Trinajstić information content (AvgIpc) is 3.31. The van der Waals surface area contributed by atoms with Crippen molar-refractivity contribution in [3.63, 3.8) is 0 Å². The lowest BCUT2D eigenvalue weighted by Crippen LogP contribution is -2.15. The number of carbonyl (C=O) groups is 1. The molecule has 0 unspecified atom stereocenters. The van der Waals surface area contributed by atoms with Gasteiger partial charge in [-0.05, 0) is 49.2 Å². The van der Waals surface area contributed by atoms with Gasteiger partial charge < -0.3 is 14.2 Å². The van der Waals surface area contributed by atoms with E-state index in [2.05, 4.69) is 14.8 Å². The van der Waals surface area contributed by atoms with Crippen molar-refractivity contribution in [2.45, 2.75) is 43.3 Å². The molecule has 1 aromatic heterocycles. The molecule has 0 N–H and O–H groups in total. The van der Waals surface area contributed by atoms with Crippen molar-refractivity contribution < 1.29 is 23.4 Å². The normalized spacial score (nSPS) is 14.1. The van der Waals surface area contributed by atoms with Crippen LogP contribution in [0.15, 0.2) is 41.6 Å². The molecule has 0 spiro atoms. The standard InChI is InChI=1S/C25H28FN3O4S/c1-31-21-13-17(14-22(32-2)23(21)33-3)24-27-28-25(29(24)19-7-5-4-6-8-19)34-15-20(30)16-9-11-18(26)12-10-16/h9-14,19H,4-8,15H2,1-3H3. The van der Waals surface area contributed by atoms with E-state index in [-0.39, 0.29) is 23.4 Å². The van der Waals surface area contributed by atoms with Gasteiger partial charge in [0, 0.05) is 17.2 Å². The molecule has 1 aliphatic rings. The second kappa shape index (κ2) is 10.9. The SMILES string of the molecule is COc1cc(-c2nnc(SCC(=O)c3ccc(F)cc3)n2C2CCCCC2)cc(OC)c1OC. The van der Waals surface area contributed by atoms with Crippen molar-refractivity contribution in [3.05, 3.63) is 47.8 Å². The number of thioether (sulfide) groups is 1. The van der Waals surface area contributed by atoms with Gasteiger partial charge in [0.15, 0.2) is 28.3 Å². The summed E-state index contributed by atoms with van der Waals surface area (Å²) in [6.07, 6.45) is 5.53. The number of benzene rings is 2. The molecule has 2 aromatic carbocycles. The van der Waals surface area contributed by atoms with Gasteiger partial charge in [-0.15, -0.1) is 10.2 Å². The van der Waals surface area contributed by atoms with Gasteiger partial charge >= 0.3 is 0 Å². The van der Waals surface area contributed by atoms with Crippen LogP contribution in [0.25, 0.3) is 11.4 Å². The van der Waals surface area contributed by atoms with Crippen LogP contribution in [0.1, 0.15) is 48.5 Å². The van der Waals surface area contributed by atoms with E-state index in [1.54, 1.807) is 21.3 Å². The van der Waals surface area contributed by atoms with Gasteiger partial charge in [0.05, 0.1) is 27.1 Å². The highest BCUT2D eigenvalue weighted by molar-refractivity contribution is 7.99. The molecule has 0 bridgehead atoms. The Labute approximate surface area is 202 Å². The number of ketones is 1. The van der Waals surface area contributed by atoms with Crippen LogP contribution in [0.2, 0.25) is 0 Å². The fraction of sp³-hybridized carbons (Fsp3) is 0.400. The minimum atomic E-state index is -0.365. The van der Waals surface area contributed by atoms with Crippen LogP contribution >= 0.6 is 11.8 Å². The van der Waals surface area contributed by atoms with Gasteiger partial charge in [0.25, 0.3) is 0 Å². The van der Waals surface area contributed by atoms with E-state index in [1.807, 2.05) is 12.1 Å². The third-order valence-electron chi connectivity index (χ3n) is 6.03. The molecule has 34 heavy (non-hydrogen) atoms. The highest BCUT2D eigenvalue weighted by Crippen LogP contribution is 2.43. The fourth-order valence-corrected chi connectivity index (χ4v) is 5.20. The summed E-state index contributed by atoms with van der Waals surface area (Å²) in [5.74, 6) is 2.02. The molecule has 1 saturated carbocycles. The monoisotopic (exact) mass is 485 g/mol. The molecule has 1 heterocycles. The number of hydrogen-bond donors (Lipinski definition) is 0. The van der Waals surface area contributed by atoms with Crippen LogP contribution in [0.4, 0.5) is 4.39 Å². The highest BCUT2D eigenvalue weighted by atomic mass is 32.2. The summed E-state index contributed by atoms with van der Waals surface area (Å²) in [4.78, 5) is 12.7. The van der Waals surface area contributed by atoms with Gasteiger partial charge in [-0.25, -0.2) is 4.39 Å². The lowest BCUT2D eigenvalue weighted by atomic mass is 9.95. The molecule has 180 valence electrons. The summed E-state index contributed by atoms with van der Waals surface area (Å²) in [7, 11) is 4.72. The first-order valence-electron chi connectivity index (χ1n) is 11.2. The number of nitrogens with zero attached hydrogens (tertiary/aromatic N) is 3. The Bertz CT molecular complexity index is 1120. The number of Topliss-reactive ketones (excluding diaryl/α,β-unsaturated/α-hetero) is 1. The summed E-state index contributed by atoms with van der Waals surface area (Å²) in [6, 6.07) is 9.57. The smallest absolute Gasteiger partial charge is 0.203 e. The molecule has 3 aromatic rings. The van der Waals surface area contributed by atoms with E-state index in [1.165, 1.54) is 42.4 Å². The molecule has 0 aliphatic heterocycles. The van der Waals surface area contributed by atoms with Gasteiger partial charge in [-0.3, -0.25) is 9.36 Å². The Morgan fingerprint density at radius 3 is 2.24 bits per heavy atom. The third kappa shape index (κ3) is 5.04. The largest absolute Gasteiger partial charge is 0.493 e. The maximum atomic E-state index is 13.2. The second-order valence-electron chi connectivity index (χ2n) is 8.10. The second-order valence-corrected chi connectivity index (χ2v) is 9.04. The molecule has 4 rings (SSSR count). The van der Waals surface area contributed by atoms with Crippen molar-refractivity contribution in [1.29, 1.82) is 0 Å². The van der Waals surface area contributed by atoms with E-state index in [0.717, 1.165) is 31.2 Å². The Balaban J connectivity index is 1.69. The van der Waals surface area contributed by atoms with Gasteiger partial charge in [-0.2, -0.15) is 0 Å². The summed E-state index contributed by atoms with van der Waals surface area (Å²) in [5, 5.41) is 9.65. The maximum absolute atomic E-state index is 13.2. The number of carbonyl (C=O) groups excluding carboxylic acids is 1. The molecule has 0 amide bonds. The predicted octanol–water partition coefficient (Wildman–Crippen LogP) is 5.59. The number of ether oxygens (including phenoxy) is 3. The molecule has 1 aliphatic carbocycles. The Hall–Kier alpha value is -3.07. The molecule has 9 heteroatoms. The average molecular weight is 486 g/mol. The van der Waals surface area contributed by atoms with E-state index >= 15 is 0 Å². The van der Waals surface area contributed by atoms with Crippen molar-refractivity contribution in [2.24, 2.45) is 0 Å². The number of halogens is 1. The van der Waals surface area contributed by atoms with E-state index in [9.17, 15) is 9.18 Å². The Morgan fingerprint density at radius 1 is 1.00 bits per heavy atom. The quantitative estimate of drug-likeness (QED) is 0.289. The van der Waals surface area contributed by atoms with Crippen LogP contribution < -0.4 is 14.2 Å². The summed E-state index contributed by atoms with van der Waals surface area (Å²) in [5.41, 5.74) is 1.27. The first kappa shape index (κ1) is 24.1. The fourth-order valence-electron chi connectivity index (χ4n) is 4.30. The number of aromatic nitrogens is 3. The number of hydrogen-bond acceptors (Lipinski definition) is 7. The van der Waals surface area contributed by atoms with Crippen LogP contribution in [-0.2, 0) is 0 Å². The minimum absolute atomic E-state index is 0.0856. The van der Waals surface area contributed by atoms with E-state index in [4.69, 9.17) is 14.2 Å². The third-order valence-corrected chi connectivity index (χ3v) is 6.97. The Morgan fingerprint density at radius 2 is 1.65 bits per heavy atom. The van der Waals surface area contributed by atoms with Crippen molar-refractivity contribution in [3.8, 4) is 28.6 Å². The lowest BCUT2D eigenvalue weighted by Gasteiger charge is -2.26. The molecule has 0 atom stereocenters. The van der Waals surface area contributed by atoms with Crippen LogP contribution in [-0.4, -0.2) is 47.6 Å². The zero-order chi connectivity index (χ0) is 24.1. The first-order chi connectivity index (χ1) is 16.5. The van der Waals surface area contributed by atoms with E-state index in [0.29, 0.717) is 33.8 Å². The zero-order valence-electron chi connectivity index (χ0n) is 19.5. The summed E-state index contributed by atoms with van der Waals surface area (Å²) < 4.78 is 31.9. The highest BCUT2D eigenvalue weighted by Gasteiger charge is 2.26. The zero-order valence-corrected chi connectivity index (χ0v) is 20.4. The van der Waals surface area contributed by atoms with Gasteiger partial charge in [-0.1, -0.05) is 31.0 Å². The number of methoxy groups -OCH3 is 3. The van der Waals surface area contributed by atoms with Crippen molar-refractivity contribution >= 4 is 17.5 Å². The van der Waals surface area contributed by atoms with Crippen molar-refractivity contribution in [2.75, 3.05) is 27.1 Å². The van der Waals surface area contributed by atoms with Gasteiger partial charge in [0.1, 0.15) is 5.82 Å². The molecule has 1 fully saturated rings. The maximum Gasteiger partial charge on any atom is 0.203 e. The van der Waals surface area contributed by atoms with Crippen LogP contribution in [0.3, 0.4) is 0 Å². The number of rotatable bonds is 9. The van der Waals surface area contributed by atoms with Crippen molar-refractivity contribution in [1.82, 2.24) is 14.8 Å². The van der Waals surface area contributed by atoms with Gasteiger partial charge in [0.2, 0.25) is 5.75 Å². The van der Waals surface area contributed by atoms with Crippen LogP contribution in [0, 0.1) is 5.82 Å². The molecule has 0 saturated heterocycles. The molecular weight excluding hydrogens is 457 g/mol.